The highest BCUT2D eigenvalue weighted by atomic mass is 19.4. The molecule has 7 heteroatoms. The molecule has 2 aliphatic rings. The van der Waals surface area contributed by atoms with E-state index in [0.717, 1.165) is 17.2 Å². The number of hydrogen-bond donors (Lipinski definition) is 0. The first-order valence-electron chi connectivity index (χ1n) is 11.1. The SMILES string of the molecule is C#CC(C#CC1=NN=C(OCC2=CC=CC#CC2)C(OCc2ccccc2)C1)=C(C=CC)C(F)(F)F. The highest BCUT2D eigenvalue weighted by Gasteiger charge is 2.34. The van der Waals surface area contributed by atoms with Gasteiger partial charge < -0.3 is 9.47 Å². The van der Waals surface area contributed by atoms with Crippen molar-refractivity contribution >= 4 is 11.6 Å². The molecule has 0 fully saturated rings. The molecule has 3 rings (SSSR count). The summed E-state index contributed by atoms with van der Waals surface area (Å²) in [6.07, 6.45) is 8.44. The first kappa shape index (κ1) is 26.4. The van der Waals surface area contributed by atoms with Gasteiger partial charge in [0.25, 0.3) is 0 Å². The van der Waals surface area contributed by atoms with Crippen LogP contribution in [0.3, 0.4) is 0 Å². The Morgan fingerprint density at radius 1 is 1.22 bits per heavy atom. The standard InChI is InChI=1S/C29H23F3N2O2/c1-3-12-26(29(30,31)32)24(4-2)17-18-25-19-27(35-20-22-15-10-7-11-16-22)28(34-33-25)36-21-23-13-8-5-6-9-14-23/h2-3,5,7-8,10-13,15-16,27H,14,19-21H2,1H3. The summed E-state index contributed by atoms with van der Waals surface area (Å²) in [6.45, 7) is 2.00. The van der Waals surface area contributed by atoms with Crippen molar-refractivity contribution in [2.75, 3.05) is 6.61 Å². The fraction of sp³-hybridized carbons (Fsp3) is 0.241. The minimum Gasteiger partial charge on any atom is -0.473 e. The maximum Gasteiger partial charge on any atom is 0.418 e. The highest BCUT2D eigenvalue weighted by Crippen LogP contribution is 2.29. The van der Waals surface area contributed by atoms with Gasteiger partial charge in [-0.2, -0.15) is 13.2 Å². The summed E-state index contributed by atoms with van der Waals surface area (Å²) in [7, 11) is 0. The lowest BCUT2D eigenvalue weighted by Crippen LogP contribution is -2.32. The zero-order valence-electron chi connectivity index (χ0n) is 19.6. The first-order valence-corrected chi connectivity index (χ1v) is 11.1. The number of rotatable bonds is 6. The molecule has 4 nitrogen and oxygen atoms in total. The first-order chi connectivity index (χ1) is 17.4. The van der Waals surface area contributed by atoms with Crippen molar-refractivity contribution < 1.29 is 22.6 Å². The maximum atomic E-state index is 13.4. The summed E-state index contributed by atoms with van der Waals surface area (Å²) in [5.41, 5.74) is 0.665. The number of allylic oxidation sites excluding steroid dienone is 7. The number of terminal acetylenes is 1. The second kappa shape index (κ2) is 13.0. The van der Waals surface area contributed by atoms with Crippen LogP contribution >= 0.6 is 0 Å². The lowest BCUT2D eigenvalue weighted by molar-refractivity contribution is -0.0885. The van der Waals surface area contributed by atoms with Gasteiger partial charge in [0, 0.05) is 12.8 Å². The average molecular weight is 489 g/mol. The van der Waals surface area contributed by atoms with Gasteiger partial charge in [0.2, 0.25) is 5.90 Å². The fourth-order valence-corrected chi connectivity index (χ4v) is 3.16. The van der Waals surface area contributed by atoms with Crippen LogP contribution < -0.4 is 0 Å². The topological polar surface area (TPSA) is 43.2 Å². The molecule has 182 valence electrons. The summed E-state index contributed by atoms with van der Waals surface area (Å²) >= 11 is 0. The van der Waals surface area contributed by atoms with Crippen LogP contribution in [0, 0.1) is 36.0 Å². The Labute approximate surface area is 209 Å². The molecule has 0 saturated heterocycles. The number of benzene rings is 1. The van der Waals surface area contributed by atoms with Crippen molar-refractivity contribution in [3.63, 3.8) is 0 Å². The molecule has 1 aromatic carbocycles. The number of ether oxygens (including phenoxy) is 2. The quantitative estimate of drug-likeness (QED) is 0.380. The molecule has 1 aromatic rings. The molecule has 0 bridgehead atoms. The van der Waals surface area contributed by atoms with Crippen molar-refractivity contribution in [1.82, 2.24) is 0 Å². The molecule has 0 radical (unpaired) electrons. The highest BCUT2D eigenvalue weighted by molar-refractivity contribution is 6.05. The van der Waals surface area contributed by atoms with E-state index in [0.29, 0.717) is 6.42 Å². The zero-order valence-corrected chi connectivity index (χ0v) is 19.6. The molecule has 0 amide bonds. The van der Waals surface area contributed by atoms with Gasteiger partial charge in [-0.3, -0.25) is 0 Å². The fourth-order valence-electron chi connectivity index (χ4n) is 3.16. The molecule has 0 saturated carbocycles. The molecular formula is C29H23F3N2O2. The van der Waals surface area contributed by atoms with Crippen LogP contribution in [-0.4, -0.2) is 30.5 Å². The molecule has 0 N–H and O–H groups in total. The third-order valence-corrected chi connectivity index (χ3v) is 4.94. The minimum absolute atomic E-state index is 0.167. The van der Waals surface area contributed by atoms with E-state index >= 15 is 0 Å². The van der Waals surface area contributed by atoms with Crippen LogP contribution in [0.15, 0.2) is 87.6 Å². The monoisotopic (exact) mass is 488 g/mol. The summed E-state index contributed by atoms with van der Waals surface area (Å²) in [5, 5.41) is 8.16. The molecule has 1 aliphatic carbocycles. The largest absolute Gasteiger partial charge is 0.473 e. The van der Waals surface area contributed by atoms with Crippen molar-refractivity contribution in [2.45, 2.75) is 38.7 Å². The Balaban J connectivity index is 1.83. The van der Waals surface area contributed by atoms with Crippen LogP contribution in [0.25, 0.3) is 0 Å². The van der Waals surface area contributed by atoms with Gasteiger partial charge in [0.05, 0.1) is 17.8 Å². The van der Waals surface area contributed by atoms with Crippen LogP contribution in [0.5, 0.6) is 0 Å². The maximum absolute atomic E-state index is 13.4. The van der Waals surface area contributed by atoms with Crippen LogP contribution in [0.1, 0.15) is 25.3 Å². The molecule has 0 aromatic heterocycles. The second-order valence-corrected chi connectivity index (χ2v) is 7.63. The summed E-state index contributed by atoms with van der Waals surface area (Å²) in [6, 6.07) is 9.53. The predicted molar refractivity (Wildman–Crippen MR) is 135 cm³/mol. The van der Waals surface area contributed by atoms with Gasteiger partial charge in [0.1, 0.15) is 18.4 Å². The molecular weight excluding hydrogens is 465 g/mol. The van der Waals surface area contributed by atoms with Gasteiger partial charge in [-0.1, -0.05) is 78.3 Å². The van der Waals surface area contributed by atoms with Gasteiger partial charge in [-0.05, 0) is 30.1 Å². The van der Waals surface area contributed by atoms with Gasteiger partial charge in [-0.15, -0.1) is 16.6 Å². The van der Waals surface area contributed by atoms with E-state index in [1.165, 1.54) is 13.0 Å². The van der Waals surface area contributed by atoms with E-state index in [1.54, 1.807) is 6.08 Å². The Bertz CT molecular complexity index is 1300. The lowest BCUT2D eigenvalue weighted by atomic mass is 10.1. The minimum atomic E-state index is -4.63. The molecule has 1 atom stereocenters. The summed E-state index contributed by atoms with van der Waals surface area (Å²) in [4.78, 5) is 0. The normalized spacial score (nSPS) is 17.8. The van der Waals surface area contributed by atoms with Crippen molar-refractivity contribution in [3.8, 4) is 36.0 Å². The summed E-state index contributed by atoms with van der Waals surface area (Å²) < 4.78 is 52.0. The van der Waals surface area contributed by atoms with Crippen molar-refractivity contribution in [3.05, 3.63) is 83.0 Å². The Hall–Kier alpha value is -4.25. The number of hydrogen-bond acceptors (Lipinski definition) is 4. The predicted octanol–water partition coefficient (Wildman–Crippen LogP) is 5.71. The van der Waals surface area contributed by atoms with Gasteiger partial charge >= 0.3 is 6.18 Å². The van der Waals surface area contributed by atoms with Crippen LogP contribution in [0.2, 0.25) is 0 Å². The molecule has 0 spiro atoms. The van der Waals surface area contributed by atoms with Crippen LogP contribution in [-0.2, 0) is 16.1 Å². The average Bonchev–Trinajstić information content (AvgIpc) is 3.15. The Morgan fingerprint density at radius 2 is 2.03 bits per heavy atom. The Kier molecular flexibility index (Phi) is 9.52. The van der Waals surface area contributed by atoms with E-state index in [9.17, 15) is 13.2 Å². The van der Waals surface area contributed by atoms with E-state index in [4.69, 9.17) is 15.9 Å². The zero-order chi connectivity index (χ0) is 25.8. The molecule has 36 heavy (non-hydrogen) atoms. The van der Waals surface area contributed by atoms with Crippen molar-refractivity contribution in [1.29, 1.82) is 0 Å². The van der Waals surface area contributed by atoms with Gasteiger partial charge in [-0.25, -0.2) is 0 Å². The van der Waals surface area contributed by atoms with E-state index in [1.807, 2.05) is 48.4 Å². The lowest BCUT2D eigenvalue weighted by Gasteiger charge is -2.22. The number of halogens is 3. The molecule has 1 aliphatic heterocycles. The van der Waals surface area contributed by atoms with E-state index in [-0.39, 0.29) is 31.2 Å². The molecule has 1 unspecified atom stereocenters. The van der Waals surface area contributed by atoms with Crippen molar-refractivity contribution in [2.24, 2.45) is 10.2 Å². The third-order valence-electron chi connectivity index (χ3n) is 4.94. The van der Waals surface area contributed by atoms with Crippen LogP contribution in [0.4, 0.5) is 13.2 Å². The summed E-state index contributed by atoms with van der Waals surface area (Å²) in [5.74, 6) is 13.2. The van der Waals surface area contributed by atoms with E-state index < -0.39 is 23.4 Å². The second-order valence-electron chi connectivity index (χ2n) is 7.63. The number of alkyl halides is 3. The third kappa shape index (κ3) is 7.91. The van der Waals surface area contributed by atoms with E-state index in [2.05, 4.69) is 33.9 Å². The Morgan fingerprint density at radius 3 is 2.75 bits per heavy atom. The molecule has 1 heterocycles. The number of nitrogens with zero attached hydrogens (tertiary/aromatic N) is 2. The van der Waals surface area contributed by atoms with Gasteiger partial charge in [0.15, 0.2) is 0 Å². The smallest absolute Gasteiger partial charge is 0.418 e.